The van der Waals surface area contributed by atoms with Crippen LogP contribution in [-0.4, -0.2) is 39.6 Å². The summed E-state index contributed by atoms with van der Waals surface area (Å²) in [6.07, 6.45) is 10.8. The highest BCUT2D eigenvalue weighted by molar-refractivity contribution is 5.66. The summed E-state index contributed by atoms with van der Waals surface area (Å²) in [5.74, 6) is 0.530. The van der Waals surface area contributed by atoms with Crippen molar-refractivity contribution in [1.82, 2.24) is 0 Å². The van der Waals surface area contributed by atoms with Crippen LogP contribution < -0.4 is 0 Å². The monoisotopic (exact) mass is 338 g/mol. The summed E-state index contributed by atoms with van der Waals surface area (Å²) in [5, 5.41) is 28.7. The molecule has 0 amide bonds. The number of fused-ring (bicyclic) bond motifs is 1. The van der Waals surface area contributed by atoms with Crippen LogP contribution in [0.4, 0.5) is 0 Å². The van der Waals surface area contributed by atoms with Crippen LogP contribution in [0, 0.1) is 11.8 Å². The smallest absolute Gasteiger partial charge is 0.303 e. The number of carboxylic acid groups (broad SMARTS) is 1. The first-order chi connectivity index (χ1) is 11.5. The maximum atomic E-state index is 10.5. The molecule has 0 radical (unpaired) electrons. The van der Waals surface area contributed by atoms with E-state index in [1.807, 2.05) is 18.2 Å². The van der Waals surface area contributed by atoms with E-state index in [2.05, 4.69) is 6.92 Å². The van der Waals surface area contributed by atoms with Gasteiger partial charge in [-0.25, -0.2) is 0 Å². The topological polar surface area (TPSA) is 87.0 Å². The van der Waals surface area contributed by atoms with Gasteiger partial charge in [0.2, 0.25) is 0 Å². The Kier molecular flexibility index (Phi) is 7.31. The van der Waals surface area contributed by atoms with E-state index in [1.54, 1.807) is 0 Å². The lowest BCUT2D eigenvalue weighted by Crippen LogP contribution is -2.17. The zero-order valence-corrected chi connectivity index (χ0v) is 14.4. The summed E-state index contributed by atoms with van der Waals surface area (Å²) < 4.78 is 5.93. The first-order valence-electron chi connectivity index (χ1n) is 9.11. The maximum Gasteiger partial charge on any atom is 0.303 e. The molecule has 2 fully saturated rings. The fraction of sp³-hybridized carbons (Fsp3) is 0.737. The van der Waals surface area contributed by atoms with Crippen LogP contribution in [0.1, 0.15) is 58.3 Å². The van der Waals surface area contributed by atoms with Crippen molar-refractivity contribution in [2.75, 3.05) is 0 Å². The summed E-state index contributed by atoms with van der Waals surface area (Å²) in [6, 6.07) is 0. The van der Waals surface area contributed by atoms with E-state index in [1.165, 1.54) is 0 Å². The third kappa shape index (κ3) is 5.35. The minimum atomic E-state index is -0.767. The van der Waals surface area contributed by atoms with E-state index >= 15 is 0 Å². The Balaban J connectivity index is 1.83. The van der Waals surface area contributed by atoms with E-state index in [0.717, 1.165) is 25.0 Å². The van der Waals surface area contributed by atoms with Crippen LogP contribution in [-0.2, 0) is 9.53 Å². The Hall–Kier alpha value is -1.33. The maximum absolute atomic E-state index is 10.5. The first kappa shape index (κ1) is 19.0. The molecule has 0 aromatic rings. The van der Waals surface area contributed by atoms with Gasteiger partial charge in [-0.1, -0.05) is 25.5 Å². The first-order valence-corrected chi connectivity index (χ1v) is 9.11. The van der Waals surface area contributed by atoms with Gasteiger partial charge >= 0.3 is 5.97 Å². The number of carbonyl (C=O) groups is 1. The highest BCUT2D eigenvalue weighted by atomic mass is 16.5. The molecule has 5 atom stereocenters. The Morgan fingerprint density at radius 2 is 2.25 bits per heavy atom. The predicted octanol–water partition coefficient (Wildman–Crippen LogP) is 3.02. The van der Waals surface area contributed by atoms with E-state index in [0.29, 0.717) is 25.7 Å². The number of aliphatic hydroxyl groups is 2. The Labute approximate surface area is 144 Å². The SMILES string of the molecule is CCC[C@H](O)C/C=C/[C@@H]1[C@H]2C/C(=C/CCCC(=O)O)O[C@H]2C[C@H]1O. The number of allylic oxidation sites excluding steroid dienone is 2. The summed E-state index contributed by atoms with van der Waals surface area (Å²) in [7, 11) is 0. The molecular weight excluding hydrogens is 308 g/mol. The van der Waals surface area contributed by atoms with Crippen LogP contribution in [0.25, 0.3) is 0 Å². The van der Waals surface area contributed by atoms with Crippen LogP contribution in [0.5, 0.6) is 0 Å². The van der Waals surface area contributed by atoms with Crippen molar-refractivity contribution in [1.29, 1.82) is 0 Å². The number of unbranched alkanes of at least 4 members (excludes halogenated alkanes) is 1. The van der Waals surface area contributed by atoms with Gasteiger partial charge in [-0.05, 0) is 31.8 Å². The van der Waals surface area contributed by atoms with Crippen molar-refractivity contribution in [2.45, 2.75) is 76.6 Å². The molecule has 2 rings (SSSR count). The van der Waals surface area contributed by atoms with Gasteiger partial charge < -0.3 is 20.1 Å². The third-order valence-electron chi connectivity index (χ3n) is 4.98. The third-order valence-corrected chi connectivity index (χ3v) is 4.98. The van der Waals surface area contributed by atoms with Gasteiger partial charge in [0.15, 0.2) is 0 Å². The number of hydrogen-bond donors (Lipinski definition) is 3. The quantitative estimate of drug-likeness (QED) is 0.444. The van der Waals surface area contributed by atoms with Gasteiger partial charge in [-0.15, -0.1) is 0 Å². The second-order valence-corrected chi connectivity index (χ2v) is 6.97. The number of aliphatic carboxylic acids is 1. The molecule has 1 aliphatic heterocycles. The molecule has 5 heteroatoms. The van der Waals surface area contributed by atoms with Gasteiger partial charge in [-0.3, -0.25) is 4.79 Å². The standard InChI is InChI=1S/C19H30O5/c1-2-6-13(20)7-5-9-15-16-11-14(8-3-4-10-19(22)23)24-18(16)12-17(15)21/h5,8-9,13,15-18,20-21H,2-4,6-7,10-12H2,1H3,(H,22,23)/b9-5+,14-8-/t13-,15+,16+,17+,18-/m0/s1. The summed E-state index contributed by atoms with van der Waals surface area (Å²) in [5.41, 5.74) is 0. The lowest BCUT2D eigenvalue weighted by Gasteiger charge is -2.15. The van der Waals surface area contributed by atoms with Crippen molar-refractivity contribution < 1.29 is 24.9 Å². The highest BCUT2D eigenvalue weighted by Crippen LogP contribution is 2.45. The second kappa shape index (κ2) is 9.23. The van der Waals surface area contributed by atoms with Gasteiger partial charge in [0.1, 0.15) is 6.10 Å². The molecule has 0 aromatic carbocycles. The van der Waals surface area contributed by atoms with E-state index in [9.17, 15) is 15.0 Å². The molecule has 5 nitrogen and oxygen atoms in total. The van der Waals surface area contributed by atoms with Crippen LogP contribution in [0.2, 0.25) is 0 Å². The fourth-order valence-corrected chi connectivity index (χ4v) is 3.74. The highest BCUT2D eigenvalue weighted by Gasteiger charge is 2.46. The van der Waals surface area contributed by atoms with Gasteiger partial charge in [0.25, 0.3) is 0 Å². The average molecular weight is 338 g/mol. The molecule has 0 bridgehead atoms. The molecule has 0 unspecified atom stereocenters. The number of hydrogen-bond acceptors (Lipinski definition) is 4. The Bertz CT molecular complexity index is 470. The van der Waals surface area contributed by atoms with Crippen molar-refractivity contribution in [3.63, 3.8) is 0 Å². The van der Waals surface area contributed by atoms with Crippen molar-refractivity contribution >= 4 is 5.97 Å². The van der Waals surface area contributed by atoms with Crippen molar-refractivity contribution in [3.05, 3.63) is 24.0 Å². The lowest BCUT2D eigenvalue weighted by molar-refractivity contribution is -0.137. The number of aliphatic hydroxyl groups excluding tert-OH is 2. The molecule has 1 saturated carbocycles. The summed E-state index contributed by atoms with van der Waals surface area (Å²) in [4.78, 5) is 10.5. The molecule has 1 aliphatic carbocycles. The molecular formula is C19H30O5. The Morgan fingerprint density at radius 3 is 2.96 bits per heavy atom. The molecule has 3 N–H and O–H groups in total. The zero-order chi connectivity index (χ0) is 17.5. The molecule has 0 spiro atoms. The van der Waals surface area contributed by atoms with Crippen molar-refractivity contribution in [2.24, 2.45) is 11.8 Å². The largest absolute Gasteiger partial charge is 0.495 e. The van der Waals surface area contributed by atoms with E-state index < -0.39 is 5.97 Å². The zero-order valence-electron chi connectivity index (χ0n) is 14.4. The molecule has 1 heterocycles. The number of ether oxygens (including phenoxy) is 1. The molecule has 136 valence electrons. The van der Waals surface area contributed by atoms with Gasteiger partial charge in [0.05, 0.1) is 18.0 Å². The van der Waals surface area contributed by atoms with E-state index in [4.69, 9.17) is 9.84 Å². The molecule has 1 saturated heterocycles. The molecule has 2 aliphatic rings. The van der Waals surface area contributed by atoms with Gasteiger partial charge in [0, 0.05) is 31.1 Å². The van der Waals surface area contributed by atoms with Crippen molar-refractivity contribution in [3.8, 4) is 0 Å². The lowest BCUT2D eigenvalue weighted by atomic mass is 9.90. The molecule has 24 heavy (non-hydrogen) atoms. The normalized spacial score (nSPS) is 32.2. The predicted molar refractivity (Wildman–Crippen MR) is 91.3 cm³/mol. The minimum absolute atomic E-state index is 0.0564. The van der Waals surface area contributed by atoms with E-state index in [-0.39, 0.29) is 36.6 Å². The molecule has 0 aromatic heterocycles. The fourth-order valence-electron chi connectivity index (χ4n) is 3.74. The average Bonchev–Trinajstić information content (AvgIpc) is 3.02. The summed E-state index contributed by atoms with van der Waals surface area (Å²) >= 11 is 0. The van der Waals surface area contributed by atoms with Gasteiger partial charge in [-0.2, -0.15) is 0 Å². The number of carboxylic acids is 1. The number of rotatable bonds is 9. The van der Waals surface area contributed by atoms with Crippen LogP contribution >= 0.6 is 0 Å². The minimum Gasteiger partial charge on any atom is -0.495 e. The Morgan fingerprint density at radius 1 is 1.46 bits per heavy atom. The van der Waals surface area contributed by atoms with Crippen LogP contribution in [0.3, 0.4) is 0 Å². The second-order valence-electron chi connectivity index (χ2n) is 6.97. The van der Waals surface area contributed by atoms with Crippen LogP contribution in [0.15, 0.2) is 24.0 Å². The summed E-state index contributed by atoms with van der Waals surface area (Å²) in [6.45, 7) is 2.05.